The summed E-state index contributed by atoms with van der Waals surface area (Å²) in [6.45, 7) is 6.53. The van der Waals surface area contributed by atoms with E-state index in [9.17, 15) is 13.2 Å². The summed E-state index contributed by atoms with van der Waals surface area (Å²) < 4.78 is 28.6. The molecule has 2 heterocycles. The molecule has 1 N–H and O–H groups in total. The summed E-state index contributed by atoms with van der Waals surface area (Å²) in [7, 11) is -3.61. The summed E-state index contributed by atoms with van der Waals surface area (Å²) in [5.74, 6) is -0.621. The Morgan fingerprint density at radius 1 is 1.03 bits per heavy atom. The highest BCUT2D eigenvalue weighted by molar-refractivity contribution is 7.91. The molecule has 0 saturated heterocycles. The first kappa shape index (κ1) is 20.7. The molecule has 6 nitrogen and oxygen atoms in total. The van der Waals surface area contributed by atoms with E-state index in [4.69, 9.17) is 4.98 Å². The first-order valence-corrected chi connectivity index (χ1v) is 12.3. The van der Waals surface area contributed by atoms with Crippen LogP contribution in [0.25, 0.3) is 27.8 Å². The van der Waals surface area contributed by atoms with Crippen LogP contribution in [0.2, 0.25) is 0 Å². The van der Waals surface area contributed by atoms with Crippen molar-refractivity contribution in [2.45, 2.75) is 44.3 Å². The predicted molar refractivity (Wildman–Crippen MR) is 126 cm³/mol. The van der Waals surface area contributed by atoms with E-state index in [1.807, 2.05) is 22.7 Å². The number of sulfonamides is 1. The Kier molecular flexibility index (Phi) is 4.64. The minimum atomic E-state index is -3.61. The third-order valence-electron chi connectivity index (χ3n) is 5.94. The van der Waals surface area contributed by atoms with Crippen molar-refractivity contribution in [1.82, 2.24) is 14.1 Å². The minimum Gasteiger partial charge on any atom is -0.313 e. The SMILES string of the molecule is CC(C)(C)c1ccc(-c2nc3cc(C(=O)NS(=O)(=O)C4CC4)ccc3n3cccc23)cc1. The van der Waals surface area contributed by atoms with Crippen LogP contribution in [0.1, 0.15) is 49.5 Å². The molecule has 0 aliphatic heterocycles. The van der Waals surface area contributed by atoms with Crippen LogP contribution in [0.3, 0.4) is 0 Å². The monoisotopic (exact) mass is 447 g/mol. The van der Waals surface area contributed by atoms with Gasteiger partial charge in [-0.1, -0.05) is 45.0 Å². The fourth-order valence-corrected chi connectivity index (χ4v) is 5.21. The average Bonchev–Trinajstić information content (AvgIpc) is 3.50. The molecule has 7 heteroatoms. The van der Waals surface area contributed by atoms with Gasteiger partial charge >= 0.3 is 0 Å². The number of hydrogen-bond acceptors (Lipinski definition) is 4. The smallest absolute Gasteiger partial charge is 0.264 e. The van der Waals surface area contributed by atoms with Crippen molar-refractivity contribution in [1.29, 1.82) is 0 Å². The number of hydrogen-bond donors (Lipinski definition) is 1. The molecule has 164 valence electrons. The molecule has 0 atom stereocenters. The van der Waals surface area contributed by atoms with Gasteiger partial charge in [0, 0.05) is 17.3 Å². The van der Waals surface area contributed by atoms with Crippen molar-refractivity contribution in [3.8, 4) is 11.3 Å². The van der Waals surface area contributed by atoms with E-state index in [0.29, 0.717) is 18.4 Å². The van der Waals surface area contributed by atoms with Crippen molar-refractivity contribution in [3.63, 3.8) is 0 Å². The number of rotatable bonds is 4. The number of nitrogens with zero attached hydrogens (tertiary/aromatic N) is 2. The second-order valence-electron chi connectivity index (χ2n) is 9.43. The van der Waals surface area contributed by atoms with Gasteiger partial charge in [0.2, 0.25) is 10.0 Å². The highest BCUT2D eigenvalue weighted by atomic mass is 32.2. The molecule has 1 amide bonds. The quantitative estimate of drug-likeness (QED) is 0.493. The van der Waals surface area contributed by atoms with E-state index in [1.165, 1.54) is 5.56 Å². The standard InChI is InChI=1S/C25H25N3O3S/c1-25(2,3)18-9-6-16(7-10-18)23-22-5-4-14-28(22)21-13-8-17(15-20(21)26-23)24(29)27-32(30,31)19-11-12-19/h4-10,13-15,19H,11-12H2,1-3H3,(H,27,29). The third-order valence-corrected chi connectivity index (χ3v) is 7.76. The lowest BCUT2D eigenvalue weighted by Crippen LogP contribution is -2.33. The van der Waals surface area contributed by atoms with Crippen LogP contribution in [0.4, 0.5) is 0 Å². The second-order valence-corrected chi connectivity index (χ2v) is 11.4. The second kappa shape index (κ2) is 7.17. The maximum atomic E-state index is 12.6. The Bertz CT molecular complexity index is 1460. The number of fused-ring (bicyclic) bond motifs is 3. The highest BCUT2D eigenvalue weighted by Gasteiger charge is 2.37. The van der Waals surface area contributed by atoms with Gasteiger partial charge in [-0.3, -0.25) is 4.79 Å². The number of amides is 1. The highest BCUT2D eigenvalue weighted by Crippen LogP contribution is 2.31. The van der Waals surface area contributed by atoms with Crippen molar-refractivity contribution >= 4 is 32.5 Å². The van der Waals surface area contributed by atoms with Gasteiger partial charge in [0.1, 0.15) is 0 Å². The molecule has 0 spiro atoms. The number of nitrogens with one attached hydrogen (secondary N) is 1. The van der Waals surface area contributed by atoms with E-state index < -0.39 is 21.2 Å². The van der Waals surface area contributed by atoms with Crippen LogP contribution in [0, 0.1) is 0 Å². The number of carbonyl (C=O) groups excluding carboxylic acids is 1. The third kappa shape index (κ3) is 3.66. The van der Waals surface area contributed by atoms with E-state index in [-0.39, 0.29) is 11.0 Å². The maximum absolute atomic E-state index is 12.6. The van der Waals surface area contributed by atoms with E-state index in [2.05, 4.69) is 49.8 Å². The van der Waals surface area contributed by atoms with Crippen molar-refractivity contribution < 1.29 is 13.2 Å². The lowest BCUT2D eigenvalue weighted by Gasteiger charge is -2.19. The van der Waals surface area contributed by atoms with Gasteiger partial charge in [-0.15, -0.1) is 0 Å². The average molecular weight is 448 g/mol. The first-order valence-electron chi connectivity index (χ1n) is 10.7. The largest absolute Gasteiger partial charge is 0.313 e. The molecule has 2 aromatic carbocycles. The van der Waals surface area contributed by atoms with Gasteiger partial charge in [-0.25, -0.2) is 18.1 Å². The molecule has 0 bridgehead atoms. The van der Waals surface area contributed by atoms with Crippen LogP contribution < -0.4 is 4.72 Å². The first-order chi connectivity index (χ1) is 15.1. The lowest BCUT2D eigenvalue weighted by molar-refractivity contribution is 0.0981. The number of aromatic nitrogens is 2. The fourth-order valence-electron chi connectivity index (χ4n) is 3.91. The van der Waals surface area contributed by atoms with Crippen molar-refractivity contribution in [2.24, 2.45) is 0 Å². The fraction of sp³-hybridized carbons (Fsp3) is 0.280. The van der Waals surface area contributed by atoms with Gasteiger partial charge in [0.15, 0.2) is 0 Å². The van der Waals surface area contributed by atoms with Gasteiger partial charge in [0.25, 0.3) is 5.91 Å². The van der Waals surface area contributed by atoms with E-state index >= 15 is 0 Å². The Balaban J connectivity index is 1.59. The summed E-state index contributed by atoms with van der Waals surface area (Å²) in [4.78, 5) is 17.5. The molecule has 0 unspecified atom stereocenters. The topological polar surface area (TPSA) is 80.5 Å². The Hall–Kier alpha value is -3.19. The van der Waals surface area contributed by atoms with Crippen LogP contribution in [-0.2, 0) is 15.4 Å². The molecule has 1 saturated carbocycles. The lowest BCUT2D eigenvalue weighted by atomic mass is 9.86. The molecule has 5 rings (SSSR count). The minimum absolute atomic E-state index is 0.0583. The molecule has 0 radical (unpaired) electrons. The zero-order valence-corrected chi connectivity index (χ0v) is 19.1. The molecule has 1 aliphatic carbocycles. The summed E-state index contributed by atoms with van der Waals surface area (Å²) >= 11 is 0. The maximum Gasteiger partial charge on any atom is 0.264 e. The Morgan fingerprint density at radius 2 is 1.75 bits per heavy atom. The van der Waals surface area contributed by atoms with Crippen LogP contribution in [0.15, 0.2) is 60.8 Å². The molecule has 4 aromatic rings. The normalized spacial score (nSPS) is 14.7. The van der Waals surface area contributed by atoms with Crippen molar-refractivity contribution in [2.75, 3.05) is 0 Å². The molecule has 1 aliphatic rings. The molecule has 32 heavy (non-hydrogen) atoms. The van der Waals surface area contributed by atoms with Gasteiger partial charge in [-0.05, 0) is 54.2 Å². The summed E-state index contributed by atoms with van der Waals surface area (Å²) in [6.07, 6.45) is 3.17. The van der Waals surface area contributed by atoms with E-state index in [1.54, 1.807) is 18.2 Å². The summed E-state index contributed by atoms with van der Waals surface area (Å²) in [5.41, 5.74) is 5.80. The van der Waals surface area contributed by atoms with Crippen LogP contribution >= 0.6 is 0 Å². The molecular weight excluding hydrogens is 422 g/mol. The van der Waals surface area contributed by atoms with Crippen LogP contribution in [-0.4, -0.2) is 29.0 Å². The Labute approximate surface area is 187 Å². The zero-order valence-electron chi connectivity index (χ0n) is 18.3. The molecule has 1 fully saturated rings. The van der Waals surface area contributed by atoms with Crippen LogP contribution in [0.5, 0.6) is 0 Å². The molecular formula is C25H25N3O3S. The predicted octanol–water partition coefficient (Wildman–Crippen LogP) is 4.67. The van der Waals surface area contributed by atoms with Gasteiger partial charge in [0.05, 0.1) is 27.5 Å². The number of benzene rings is 2. The summed E-state index contributed by atoms with van der Waals surface area (Å²) in [5, 5.41) is -0.452. The zero-order chi connectivity index (χ0) is 22.7. The Morgan fingerprint density at radius 3 is 2.41 bits per heavy atom. The van der Waals surface area contributed by atoms with Crippen molar-refractivity contribution in [3.05, 3.63) is 71.9 Å². The van der Waals surface area contributed by atoms with E-state index in [0.717, 1.165) is 22.3 Å². The summed E-state index contributed by atoms with van der Waals surface area (Å²) in [6, 6.07) is 17.5. The molecule has 2 aromatic heterocycles. The van der Waals surface area contributed by atoms with Gasteiger partial charge < -0.3 is 4.40 Å². The number of carbonyl (C=O) groups is 1. The van der Waals surface area contributed by atoms with Gasteiger partial charge in [-0.2, -0.15) is 0 Å².